The molecule has 10 nitrogen and oxygen atoms in total. The highest BCUT2D eigenvalue weighted by Gasteiger charge is 2.48. The number of rotatable bonds is 6. The SMILES string of the molecule is CS(=O)(=O)c1ccc(Nc2nn(C3(CC#N)CCC4(CC3)OCCO4)cc2C(N)=O)cc1. The first-order valence-electron chi connectivity index (χ1n) is 10.3. The van der Waals surface area contributed by atoms with E-state index in [1.54, 1.807) is 23.0 Å². The monoisotopic (exact) mass is 459 g/mol. The molecule has 1 aromatic heterocycles. The zero-order valence-corrected chi connectivity index (χ0v) is 18.5. The van der Waals surface area contributed by atoms with Crippen LogP contribution >= 0.6 is 0 Å². The number of ether oxygens (including phenoxy) is 2. The van der Waals surface area contributed by atoms with Crippen LogP contribution in [0.5, 0.6) is 0 Å². The maximum absolute atomic E-state index is 12.1. The van der Waals surface area contributed by atoms with Crippen molar-refractivity contribution in [2.45, 2.75) is 48.3 Å². The molecule has 2 heterocycles. The molecule has 2 fully saturated rings. The maximum atomic E-state index is 12.1. The lowest BCUT2D eigenvalue weighted by molar-refractivity contribution is -0.190. The molecule has 11 heteroatoms. The van der Waals surface area contributed by atoms with E-state index in [0.29, 0.717) is 44.6 Å². The maximum Gasteiger partial charge on any atom is 0.254 e. The van der Waals surface area contributed by atoms with E-state index < -0.39 is 27.1 Å². The van der Waals surface area contributed by atoms with Gasteiger partial charge in [0.05, 0.1) is 36.1 Å². The predicted octanol–water partition coefficient (Wildman–Crippen LogP) is 2.06. The molecular formula is C21H25N5O5S. The number of sulfone groups is 1. The number of nitrogens with two attached hydrogens (primary N) is 1. The fourth-order valence-corrected chi connectivity index (χ4v) is 4.96. The van der Waals surface area contributed by atoms with Gasteiger partial charge in [0.15, 0.2) is 21.4 Å². The second-order valence-corrected chi connectivity index (χ2v) is 10.3. The van der Waals surface area contributed by atoms with Crippen molar-refractivity contribution in [3.8, 4) is 6.07 Å². The van der Waals surface area contributed by atoms with E-state index in [9.17, 15) is 18.5 Å². The van der Waals surface area contributed by atoms with Crippen LogP contribution in [0.25, 0.3) is 0 Å². The minimum atomic E-state index is -3.32. The van der Waals surface area contributed by atoms with Crippen molar-refractivity contribution in [2.24, 2.45) is 5.73 Å². The lowest BCUT2D eigenvalue weighted by Gasteiger charge is -2.42. The molecule has 170 valence electrons. The number of hydrogen-bond donors (Lipinski definition) is 2. The Bertz CT molecular complexity index is 1150. The molecule has 1 spiro atoms. The second kappa shape index (κ2) is 8.20. The average Bonchev–Trinajstić information content (AvgIpc) is 3.38. The molecule has 2 aliphatic rings. The number of nitriles is 1. The molecule has 0 radical (unpaired) electrons. The fourth-order valence-electron chi connectivity index (χ4n) is 4.33. The molecule has 4 rings (SSSR count). The zero-order valence-electron chi connectivity index (χ0n) is 17.7. The standard InChI is InChI=1S/C21H25N5O5S/c1-32(28,29)16-4-2-15(3-5-16)24-19-17(18(23)27)14-26(25-19)20(10-11-22)6-8-21(9-7-20)30-12-13-31-21/h2-5,14H,6-10,12-13H2,1H3,(H2,23,27)(H,24,25). The minimum Gasteiger partial charge on any atom is -0.365 e. The molecule has 1 saturated heterocycles. The van der Waals surface area contributed by atoms with E-state index in [1.807, 2.05) is 0 Å². The van der Waals surface area contributed by atoms with Gasteiger partial charge in [0.2, 0.25) is 0 Å². The molecule has 32 heavy (non-hydrogen) atoms. The van der Waals surface area contributed by atoms with Crippen LogP contribution in [0.4, 0.5) is 11.5 Å². The number of aromatic nitrogens is 2. The van der Waals surface area contributed by atoms with Crippen LogP contribution in [0.3, 0.4) is 0 Å². The van der Waals surface area contributed by atoms with Gasteiger partial charge in [-0.1, -0.05) is 0 Å². The molecule has 0 atom stereocenters. The zero-order chi connectivity index (χ0) is 23.0. The number of benzene rings is 1. The molecule has 2 aromatic rings. The van der Waals surface area contributed by atoms with Gasteiger partial charge < -0.3 is 20.5 Å². The van der Waals surface area contributed by atoms with E-state index in [-0.39, 0.29) is 22.7 Å². The number of nitrogens with one attached hydrogen (secondary N) is 1. The highest BCUT2D eigenvalue weighted by molar-refractivity contribution is 7.90. The van der Waals surface area contributed by atoms with Gasteiger partial charge in [-0.3, -0.25) is 9.48 Å². The number of carbonyl (C=O) groups is 1. The summed E-state index contributed by atoms with van der Waals surface area (Å²) in [5.41, 5.74) is 5.71. The van der Waals surface area contributed by atoms with Gasteiger partial charge in [0.1, 0.15) is 5.56 Å². The molecule has 1 aliphatic heterocycles. The highest BCUT2D eigenvalue weighted by atomic mass is 32.2. The van der Waals surface area contributed by atoms with E-state index in [1.165, 1.54) is 12.1 Å². The molecule has 1 amide bonds. The Morgan fingerprint density at radius 2 is 1.84 bits per heavy atom. The third-order valence-corrected chi connectivity index (χ3v) is 7.30. The Labute approximate surface area is 186 Å². The summed E-state index contributed by atoms with van der Waals surface area (Å²) in [6.45, 7) is 1.12. The van der Waals surface area contributed by atoms with Gasteiger partial charge in [0, 0.05) is 31.0 Å². The molecule has 1 aromatic carbocycles. The van der Waals surface area contributed by atoms with Crippen LogP contribution in [-0.4, -0.2) is 49.4 Å². The van der Waals surface area contributed by atoms with Crippen molar-refractivity contribution < 1.29 is 22.7 Å². The van der Waals surface area contributed by atoms with Crippen LogP contribution in [0.2, 0.25) is 0 Å². The van der Waals surface area contributed by atoms with Gasteiger partial charge in [-0.25, -0.2) is 8.42 Å². The van der Waals surface area contributed by atoms with Crippen molar-refractivity contribution in [1.82, 2.24) is 9.78 Å². The first kappa shape index (κ1) is 22.3. The Morgan fingerprint density at radius 3 is 2.38 bits per heavy atom. The van der Waals surface area contributed by atoms with Crippen LogP contribution in [-0.2, 0) is 24.8 Å². The number of carbonyl (C=O) groups excluding carboxylic acids is 1. The smallest absolute Gasteiger partial charge is 0.254 e. The van der Waals surface area contributed by atoms with Gasteiger partial charge in [-0.05, 0) is 37.1 Å². The summed E-state index contributed by atoms with van der Waals surface area (Å²) in [6.07, 6.45) is 5.36. The van der Waals surface area contributed by atoms with E-state index in [0.717, 1.165) is 6.26 Å². The summed E-state index contributed by atoms with van der Waals surface area (Å²) < 4.78 is 36.6. The normalized spacial score (nSPS) is 19.5. The van der Waals surface area contributed by atoms with Gasteiger partial charge in [0.25, 0.3) is 5.91 Å². The number of primary amides is 1. The van der Waals surface area contributed by atoms with Crippen LogP contribution in [0.15, 0.2) is 35.4 Å². The highest BCUT2D eigenvalue weighted by Crippen LogP contribution is 2.45. The first-order valence-corrected chi connectivity index (χ1v) is 12.2. The number of nitrogens with zero attached hydrogens (tertiary/aromatic N) is 3. The van der Waals surface area contributed by atoms with Crippen molar-refractivity contribution in [2.75, 3.05) is 24.8 Å². The molecule has 1 saturated carbocycles. The molecule has 3 N–H and O–H groups in total. The predicted molar refractivity (Wildman–Crippen MR) is 115 cm³/mol. The van der Waals surface area contributed by atoms with Crippen molar-refractivity contribution in [1.29, 1.82) is 5.26 Å². The van der Waals surface area contributed by atoms with Crippen LogP contribution < -0.4 is 11.1 Å². The van der Waals surface area contributed by atoms with E-state index >= 15 is 0 Å². The molecule has 1 aliphatic carbocycles. The first-order chi connectivity index (χ1) is 15.2. The topological polar surface area (TPSA) is 149 Å². The lowest BCUT2D eigenvalue weighted by atomic mass is 9.77. The summed E-state index contributed by atoms with van der Waals surface area (Å²) in [7, 11) is -3.32. The number of anilines is 2. The third kappa shape index (κ3) is 4.21. The van der Waals surface area contributed by atoms with Gasteiger partial charge in [-0.2, -0.15) is 10.4 Å². The lowest BCUT2D eigenvalue weighted by Crippen LogP contribution is -2.45. The van der Waals surface area contributed by atoms with Gasteiger partial charge >= 0.3 is 0 Å². The molecular weight excluding hydrogens is 434 g/mol. The second-order valence-electron chi connectivity index (χ2n) is 8.29. The summed E-state index contributed by atoms with van der Waals surface area (Å²) in [6, 6.07) is 8.36. The van der Waals surface area contributed by atoms with Crippen LogP contribution in [0.1, 0.15) is 42.5 Å². The van der Waals surface area contributed by atoms with E-state index in [2.05, 4.69) is 16.5 Å². The Morgan fingerprint density at radius 1 is 1.22 bits per heavy atom. The van der Waals surface area contributed by atoms with Crippen LogP contribution in [0, 0.1) is 11.3 Å². The Balaban J connectivity index is 1.63. The summed E-state index contributed by atoms with van der Waals surface area (Å²) >= 11 is 0. The third-order valence-electron chi connectivity index (χ3n) is 6.18. The van der Waals surface area contributed by atoms with Crippen molar-refractivity contribution in [3.63, 3.8) is 0 Å². The van der Waals surface area contributed by atoms with Crippen molar-refractivity contribution in [3.05, 3.63) is 36.0 Å². The molecule has 0 unspecified atom stereocenters. The summed E-state index contributed by atoms with van der Waals surface area (Å²) in [5.74, 6) is -1.01. The number of amides is 1. The van der Waals surface area contributed by atoms with Crippen molar-refractivity contribution >= 4 is 27.2 Å². The van der Waals surface area contributed by atoms with Gasteiger partial charge in [-0.15, -0.1) is 0 Å². The average molecular weight is 460 g/mol. The largest absolute Gasteiger partial charge is 0.365 e. The Hall–Kier alpha value is -2.94. The van der Waals surface area contributed by atoms with E-state index in [4.69, 9.17) is 15.2 Å². The molecule has 0 bridgehead atoms. The number of hydrogen-bond acceptors (Lipinski definition) is 8. The quantitative estimate of drug-likeness (QED) is 0.666. The summed E-state index contributed by atoms with van der Waals surface area (Å²) in [4.78, 5) is 12.3. The minimum absolute atomic E-state index is 0.183. The Kier molecular flexibility index (Phi) is 5.70. The summed E-state index contributed by atoms with van der Waals surface area (Å²) in [5, 5.41) is 17.1. The fraction of sp³-hybridized carbons (Fsp3) is 0.476.